The van der Waals surface area contributed by atoms with E-state index in [1.807, 2.05) is 37.3 Å². The van der Waals surface area contributed by atoms with Crippen molar-refractivity contribution in [2.45, 2.75) is 6.92 Å². The molecule has 0 spiro atoms. The molecule has 1 amide bonds. The highest BCUT2D eigenvalue weighted by Gasteiger charge is 2.14. The number of hydrogen-bond donors (Lipinski definition) is 2. The van der Waals surface area contributed by atoms with E-state index in [1.165, 1.54) is 0 Å². The first-order chi connectivity index (χ1) is 9.00. The zero-order valence-electron chi connectivity index (χ0n) is 10.2. The third-order valence-electron chi connectivity index (χ3n) is 2.77. The van der Waals surface area contributed by atoms with Gasteiger partial charge in [0.1, 0.15) is 0 Å². The molecule has 2 aromatic carbocycles. The zero-order chi connectivity index (χ0) is 14.0. The van der Waals surface area contributed by atoms with Crippen LogP contribution in [0.25, 0.3) is 0 Å². The molecule has 5 heteroatoms. The number of hydrogen-bond acceptors (Lipinski definition) is 2. The highest BCUT2D eigenvalue weighted by atomic mass is 79.9. The highest BCUT2D eigenvalue weighted by molar-refractivity contribution is 9.11. The van der Waals surface area contributed by atoms with Gasteiger partial charge in [0, 0.05) is 14.6 Å². The van der Waals surface area contributed by atoms with E-state index in [0.717, 1.165) is 14.5 Å². The number of aryl methyl sites for hydroxylation is 1. The summed E-state index contributed by atoms with van der Waals surface area (Å²) in [5.41, 5.74) is 8.48. The van der Waals surface area contributed by atoms with Crippen molar-refractivity contribution in [1.82, 2.24) is 0 Å². The monoisotopic (exact) mass is 382 g/mol. The average molecular weight is 384 g/mol. The summed E-state index contributed by atoms with van der Waals surface area (Å²) in [5.74, 6) is -0.228. The SMILES string of the molecule is Cc1cccc(C(=O)Nc2c(Br)cccc2Br)c1N. The molecule has 0 saturated carbocycles. The number of nitrogens with one attached hydrogen (secondary N) is 1. The van der Waals surface area contributed by atoms with Crippen LogP contribution in [0.3, 0.4) is 0 Å². The van der Waals surface area contributed by atoms with Gasteiger partial charge in [0.25, 0.3) is 5.91 Å². The molecule has 0 atom stereocenters. The molecule has 0 aliphatic rings. The van der Waals surface area contributed by atoms with Gasteiger partial charge in [-0.2, -0.15) is 0 Å². The van der Waals surface area contributed by atoms with Crippen molar-refractivity contribution in [3.63, 3.8) is 0 Å². The molecule has 0 aliphatic heterocycles. The van der Waals surface area contributed by atoms with Crippen LogP contribution in [-0.4, -0.2) is 5.91 Å². The minimum atomic E-state index is -0.228. The Kier molecular flexibility index (Phi) is 4.27. The molecule has 0 fully saturated rings. The van der Waals surface area contributed by atoms with E-state index in [2.05, 4.69) is 37.2 Å². The lowest BCUT2D eigenvalue weighted by Gasteiger charge is -2.11. The first-order valence-electron chi connectivity index (χ1n) is 5.61. The maximum absolute atomic E-state index is 12.3. The maximum Gasteiger partial charge on any atom is 0.257 e. The third kappa shape index (κ3) is 2.98. The van der Waals surface area contributed by atoms with Crippen LogP contribution >= 0.6 is 31.9 Å². The van der Waals surface area contributed by atoms with Gasteiger partial charge >= 0.3 is 0 Å². The maximum atomic E-state index is 12.3. The van der Waals surface area contributed by atoms with Crippen molar-refractivity contribution in [2.24, 2.45) is 0 Å². The first kappa shape index (κ1) is 14.1. The number of carbonyl (C=O) groups excluding carboxylic acids is 1. The van der Waals surface area contributed by atoms with Crippen LogP contribution in [0.2, 0.25) is 0 Å². The molecular formula is C14H12Br2N2O. The lowest BCUT2D eigenvalue weighted by Crippen LogP contribution is -2.15. The van der Waals surface area contributed by atoms with E-state index in [9.17, 15) is 4.79 Å². The Morgan fingerprint density at radius 2 is 1.68 bits per heavy atom. The van der Waals surface area contributed by atoms with Gasteiger partial charge in [-0.3, -0.25) is 4.79 Å². The summed E-state index contributed by atoms with van der Waals surface area (Å²) < 4.78 is 1.61. The average Bonchev–Trinajstić information content (AvgIpc) is 2.37. The van der Waals surface area contributed by atoms with Crippen LogP contribution in [0.15, 0.2) is 45.3 Å². The number of para-hydroxylation sites is 2. The van der Waals surface area contributed by atoms with Crippen LogP contribution < -0.4 is 11.1 Å². The van der Waals surface area contributed by atoms with E-state index >= 15 is 0 Å². The minimum Gasteiger partial charge on any atom is -0.398 e. The first-order valence-corrected chi connectivity index (χ1v) is 7.19. The van der Waals surface area contributed by atoms with Gasteiger partial charge in [0.05, 0.1) is 11.3 Å². The van der Waals surface area contributed by atoms with E-state index in [-0.39, 0.29) is 5.91 Å². The molecule has 0 saturated heterocycles. The molecule has 0 unspecified atom stereocenters. The fraction of sp³-hybridized carbons (Fsp3) is 0.0714. The standard InChI is InChI=1S/C14H12Br2N2O/c1-8-4-2-5-9(12(8)17)14(19)18-13-10(15)6-3-7-11(13)16/h2-7H,17H2,1H3,(H,18,19). The summed E-state index contributed by atoms with van der Waals surface area (Å²) in [7, 11) is 0. The molecule has 19 heavy (non-hydrogen) atoms. The van der Waals surface area contributed by atoms with E-state index in [0.29, 0.717) is 16.9 Å². The second kappa shape index (κ2) is 5.75. The topological polar surface area (TPSA) is 55.1 Å². The molecule has 0 radical (unpaired) electrons. The van der Waals surface area contributed by atoms with Gasteiger partial charge in [-0.05, 0) is 62.5 Å². The molecule has 2 rings (SSSR count). The minimum absolute atomic E-state index is 0.228. The summed E-state index contributed by atoms with van der Waals surface area (Å²) in [4.78, 5) is 12.3. The van der Waals surface area contributed by atoms with Crippen molar-refractivity contribution in [3.8, 4) is 0 Å². The Morgan fingerprint density at radius 3 is 2.32 bits per heavy atom. The van der Waals surface area contributed by atoms with Crippen molar-refractivity contribution in [3.05, 3.63) is 56.5 Å². The van der Waals surface area contributed by atoms with Gasteiger partial charge in [0.15, 0.2) is 0 Å². The van der Waals surface area contributed by atoms with Gasteiger partial charge in [-0.15, -0.1) is 0 Å². The molecule has 3 N–H and O–H groups in total. The van der Waals surface area contributed by atoms with Crippen molar-refractivity contribution in [2.75, 3.05) is 11.1 Å². The summed E-state index contributed by atoms with van der Waals surface area (Å²) >= 11 is 6.81. The van der Waals surface area contributed by atoms with Gasteiger partial charge < -0.3 is 11.1 Å². The predicted octanol–water partition coefficient (Wildman–Crippen LogP) is 4.35. The van der Waals surface area contributed by atoms with Crippen LogP contribution in [0, 0.1) is 6.92 Å². The molecular weight excluding hydrogens is 372 g/mol. The Bertz CT molecular complexity index is 621. The number of benzene rings is 2. The second-order valence-corrected chi connectivity index (χ2v) is 5.80. The molecule has 0 aromatic heterocycles. The summed E-state index contributed by atoms with van der Waals surface area (Å²) in [5, 5.41) is 2.85. The van der Waals surface area contributed by atoms with Gasteiger partial charge in [-0.25, -0.2) is 0 Å². The Labute approximate surface area is 128 Å². The van der Waals surface area contributed by atoms with Crippen LogP contribution in [-0.2, 0) is 0 Å². The molecule has 0 bridgehead atoms. The van der Waals surface area contributed by atoms with E-state index in [4.69, 9.17) is 5.73 Å². The predicted molar refractivity (Wildman–Crippen MR) is 85.4 cm³/mol. The summed E-state index contributed by atoms with van der Waals surface area (Å²) in [6.07, 6.45) is 0. The Balaban J connectivity index is 2.34. The van der Waals surface area contributed by atoms with Crippen molar-refractivity contribution >= 4 is 49.1 Å². The normalized spacial score (nSPS) is 10.3. The van der Waals surface area contributed by atoms with Crippen LogP contribution in [0.5, 0.6) is 0 Å². The molecule has 3 nitrogen and oxygen atoms in total. The fourth-order valence-electron chi connectivity index (χ4n) is 1.68. The van der Waals surface area contributed by atoms with E-state index < -0.39 is 0 Å². The van der Waals surface area contributed by atoms with Crippen molar-refractivity contribution < 1.29 is 4.79 Å². The lowest BCUT2D eigenvalue weighted by atomic mass is 10.1. The number of nitrogen functional groups attached to an aromatic ring is 1. The second-order valence-electron chi connectivity index (χ2n) is 4.09. The third-order valence-corrected chi connectivity index (χ3v) is 4.09. The molecule has 2 aromatic rings. The number of anilines is 2. The lowest BCUT2D eigenvalue weighted by molar-refractivity contribution is 0.102. The fourth-order valence-corrected chi connectivity index (χ4v) is 2.87. The number of amides is 1. The number of nitrogens with two attached hydrogens (primary N) is 1. The van der Waals surface area contributed by atoms with Gasteiger partial charge in [-0.1, -0.05) is 18.2 Å². The Hall–Kier alpha value is -1.33. The van der Waals surface area contributed by atoms with E-state index in [1.54, 1.807) is 6.07 Å². The van der Waals surface area contributed by atoms with Crippen molar-refractivity contribution in [1.29, 1.82) is 0 Å². The summed E-state index contributed by atoms with van der Waals surface area (Å²) in [6.45, 7) is 1.88. The number of carbonyl (C=O) groups is 1. The zero-order valence-corrected chi connectivity index (χ0v) is 13.4. The van der Waals surface area contributed by atoms with Gasteiger partial charge in [0.2, 0.25) is 0 Å². The molecule has 0 heterocycles. The van der Waals surface area contributed by atoms with Crippen LogP contribution in [0.4, 0.5) is 11.4 Å². The smallest absolute Gasteiger partial charge is 0.257 e. The number of rotatable bonds is 2. The molecule has 98 valence electrons. The quantitative estimate of drug-likeness (QED) is 0.757. The number of halogens is 2. The molecule has 0 aliphatic carbocycles. The Morgan fingerprint density at radius 1 is 1.11 bits per heavy atom. The largest absolute Gasteiger partial charge is 0.398 e. The van der Waals surface area contributed by atoms with Crippen LogP contribution in [0.1, 0.15) is 15.9 Å². The highest BCUT2D eigenvalue weighted by Crippen LogP contribution is 2.31. The summed E-state index contributed by atoms with van der Waals surface area (Å²) in [6, 6.07) is 11.0.